The maximum absolute atomic E-state index is 11.7. The van der Waals surface area contributed by atoms with Gasteiger partial charge >= 0.3 is 5.97 Å². The van der Waals surface area contributed by atoms with E-state index in [9.17, 15) is 14.4 Å². The first kappa shape index (κ1) is 15.7. The molecule has 1 aromatic heterocycles. The van der Waals surface area contributed by atoms with Crippen LogP contribution in [0.25, 0.3) is 0 Å². The van der Waals surface area contributed by atoms with E-state index in [-0.39, 0.29) is 5.69 Å². The van der Waals surface area contributed by atoms with E-state index in [1.807, 2.05) is 0 Å². The standard InChI is InChI=1S/C15H11ClN2O4/c16-11-6-7-17-12(8-11)15(21)22-9-13(19)18-14(20)10-4-2-1-3-5-10/h1-8H,9H2,(H,18,19,20). The zero-order chi connectivity index (χ0) is 15.9. The third-order valence-corrected chi connectivity index (χ3v) is 2.79. The number of hydrogen-bond donors (Lipinski definition) is 1. The summed E-state index contributed by atoms with van der Waals surface area (Å²) in [5, 5.41) is 2.44. The minimum absolute atomic E-state index is 0.0188. The fourth-order valence-corrected chi connectivity index (χ4v) is 1.71. The summed E-state index contributed by atoms with van der Waals surface area (Å²) in [6.07, 6.45) is 1.35. The molecule has 0 saturated heterocycles. The summed E-state index contributed by atoms with van der Waals surface area (Å²) in [6, 6.07) is 11.0. The molecule has 2 amide bonds. The van der Waals surface area contributed by atoms with Gasteiger partial charge in [0.25, 0.3) is 11.8 Å². The minimum atomic E-state index is -0.801. The predicted molar refractivity (Wildman–Crippen MR) is 78.4 cm³/mol. The topological polar surface area (TPSA) is 85.4 Å². The molecule has 22 heavy (non-hydrogen) atoms. The molecule has 7 heteroatoms. The fourth-order valence-electron chi connectivity index (χ4n) is 1.55. The maximum Gasteiger partial charge on any atom is 0.357 e. The van der Waals surface area contributed by atoms with Gasteiger partial charge in [-0.3, -0.25) is 14.9 Å². The highest BCUT2D eigenvalue weighted by atomic mass is 35.5. The van der Waals surface area contributed by atoms with Gasteiger partial charge in [0.1, 0.15) is 5.69 Å². The average Bonchev–Trinajstić information content (AvgIpc) is 2.53. The summed E-state index contributed by atoms with van der Waals surface area (Å²) in [7, 11) is 0. The van der Waals surface area contributed by atoms with E-state index in [0.29, 0.717) is 10.6 Å². The molecular weight excluding hydrogens is 308 g/mol. The van der Waals surface area contributed by atoms with Crippen LogP contribution in [-0.2, 0) is 9.53 Å². The lowest BCUT2D eigenvalue weighted by Gasteiger charge is -2.05. The number of ether oxygens (including phenoxy) is 1. The molecule has 0 bridgehead atoms. The van der Waals surface area contributed by atoms with Gasteiger partial charge in [0, 0.05) is 16.8 Å². The first-order valence-corrected chi connectivity index (χ1v) is 6.62. The molecule has 0 fully saturated rings. The Morgan fingerprint density at radius 3 is 2.55 bits per heavy atom. The Morgan fingerprint density at radius 1 is 1.14 bits per heavy atom. The summed E-state index contributed by atoms with van der Waals surface area (Å²) in [4.78, 5) is 38.7. The molecule has 0 aliphatic heterocycles. The number of nitrogens with one attached hydrogen (secondary N) is 1. The Hall–Kier alpha value is -2.73. The number of carbonyl (C=O) groups is 3. The van der Waals surface area contributed by atoms with Crippen molar-refractivity contribution in [3.05, 3.63) is 64.9 Å². The molecule has 1 heterocycles. The Bertz CT molecular complexity index is 704. The van der Waals surface area contributed by atoms with Gasteiger partial charge in [-0.25, -0.2) is 9.78 Å². The van der Waals surface area contributed by atoms with E-state index in [0.717, 1.165) is 0 Å². The van der Waals surface area contributed by atoms with Gasteiger partial charge in [-0.1, -0.05) is 29.8 Å². The largest absolute Gasteiger partial charge is 0.451 e. The maximum atomic E-state index is 11.7. The fraction of sp³-hybridized carbons (Fsp3) is 0.0667. The number of halogens is 1. The molecule has 2 aromatic rings. The summed E-state index contributed by atoms with van der Waals surface area (Å²) in [5.74, 6) is -2.10. The number of imide groups is 1. The van der Waals surface area contributed by atoms with Gasteiger partial charge in [0.05, 0.1) is 0 Å². The number of esters is 1. The number of benzene rings is 1. The molecule has 0 aliphatic rings. The first-order chi connectivity index (χ1) is 10.6. The lowest BCUT2D eigenvalue weighted by atomic mass is 10.2. The van der Waals surface area contributed by atoms with Crippen LogP contribution in [0.15, 0.2) is 48.7 Å². The number of amides is 2. The molecule has 112 valence electrons. The summed E-state index contributed by atoms with van der Waals surface area (Å²) >= 11 is 5.72. The Balaban J connectivity index is 1.85. The zero-order valence-electron chi connectivity index (χ0n) is 11.3. The van der Waals surface area contributed by atoms with Crippen molar-refractivity contribution in [2.24, 2.45) is 0 Å². The lowest BCUT2D eigenvalue weighted by molar-refractivity contribution is -0.123. The molecule has 2 rings (SSSR count). The summed E-state index contributed by atoms with van der Waals surface area (Å²) < 4.78 is 4.76. The highest BCUT2D eigenvalue weighted by Crippen LogP contribution is 2.08. The van der Waals surface area contributed by atoms with Crippen molar-refractivity contribution in [1.29, 1.82) is 0 Å². The summed E-state index contributed by atoms with van der Waals surface area (Å²) in [6.45, 7) is -0.592. The molecule has 6 nitrogen and oxygen atoms in total. The molecule has 0 spiro atoms. The van der Waals surface area contributed by atoms with E-state index < -0.39 is 24.4 Å². The number of rotatable bonds is 4. The number of pyridine rings is 1. The lowest BCUT2D eigenvalue weighted by Crippen LogP contribution is -2.34. The van der Waals surface area contributed by atoms with Crippen LogP contribution in [-0.4, -0.2) is 29.4 Å². The Labute approximate surface area is 131 Å². The SMILES string of the molecule is O=C(COC(=O)c1cc(Cl)ccn1)NC(=O)c1ccccc1. The quantitative estimate of drug-likeness (QED) is 0.869. The highest BCUT2D eigenvalue weighted by molar-refractivity contribution is 6.30. The van der Waals surface area contributed by atoms with Crippen molar-refractivity contribution in [2.45, 2.75) is 0 Å². The number of carbonyl (C=O) groups excluding carboxylic acids is 3. The van der Waals surface area contributed by atoms with Crippen LogP contribution < -0.4 is 5.32 Å². The average molecular weight is 319 g/mol. The number of aromatic nitrogens is 1. The summed E-state index contributed by atoms with van der Waals surface area (Å²) in [5.41, 5.74) is 0.313. The van der Waals surface area contributed by atoms with Crippen molar-refractivity contribution in [3.63, 3.8) is 0 Å². The van der Waals surface area contributed by atoms with Gasteiger partial charge in [-0.2, -0.15) is 0 Å². The number of hydrogen-bond acceptors (Lipinski definition) is 5. The molecular formula is C15H11ClN2O4. The smallest absolute Gasteiger partial charge is 0.357 e. The molecule has 0 unspecified atom stereocenters. The van der Waals surface area contributed by atoms with Crippen LogP contribution >= 0.6 is 11.6 Å². The van der Waals surface area contributed by atoms with Crippen LogP contribution in [0.5, 0.6) is 0 Å². The van der Waals surface area contributed by atoms with Gasteiger partial charge in [-0.05, 0) is 24.3 Å². The Morgan fingerprint density at radius 2 is 1.86 bits per heavy atom. The van der Waals surface area contributed by atoms with Crippen molar-refractivity contribution < 1.29 is 19.1 Å². The van der Waals surface area contributed by atoms with Crippen molar-refractivity contribution >= 4 is 29.4 Å². The minimum Gasteiger partial charge on any atom is -0.451 e. The van der Waals surface area contributed by atoms with E-state index in [4.69, 9.17) is 16.3 Å². The van der Waals surface area contributed by atoms with Crippen molar-refractivity contribution in [2.75, 3.05) is 6.61 Å². The molecule has 0 saturated carbocycles. The second kappa shape index (κ2) is 7.33. The van der Waals surface area contributed by atoms with Crippen LogP contribution in [0.2, 0.25) is 5.02 Å². The van der Waals surface area contributed by atoms with Gasteiger partial charge in [-0.15, -0.1) is 0 Å². The predicted octanol–water partition coefficient (Wildman–Crippen LogP) is 1.85. The third-order valence-electron chi connectivity index (χ3n) is 2.55. The third kappa shape index (κ3) is 4.39. The van der Waals surface area contributed by atoms with Gasteiger partial charge < -0.3 is 4.74 Å². The van der Waals surface area contributed by atoms with Crippen molar-refractivity contribution in [3.8, 4) is 0 Å². The van der Waals surface area contributed by atoms with Crippen LogP contribution in [0, 0.1) is 0 Å². The van der Waals surface area contributed by atoms with E-state index in [2.05, 4.69) is 10.3 Å². The molecule has 0 radical (unpaired) electrons. The Kier molecular flexibility index (Phi) is 5.21. The second-order valence-electron chi connectivity index (χ2n) is 4.18. The highest BCUT2D eigenvalue weighted by Gasteiger charge is 2.14. The van der Waals surface area contributed by atoms with Crippen LogP contribution in [0.1, 0.15) is 20.8 Å². The number of nitrogens with zero attached hydrogens (tertiary/aromatic N) is 1. The van der Waals surface area contributed by atoms with E-state index >= 15 is 0 Å². The monoisotopic (exact) mass is 318 g/mol. The van der Waals surface area contributed by atoms with Gasteiger partial charge in [0.2, 0.25) is 0 Å². The zero-order valence-corrected chi connectivity index (χ0v) is 12.0. The van der Waals surface area contributed by atoms with Crippen LogP contribution in [0.4, 0.5) is 0 Å². The normalized spacial score (nSPS) is 9.86. The second-order valence-corrected chi connectivity index (χ2v) is 4.62. The first-order valence-electron chi connectivity index (χ1n) is 6.24. The van der Waals surface area contributed by atoms with E-state index in [1.54, 1.807) is 30.3 Å². The van der Waals surface area contributed by atoms with Crippen LogP contribution in [0.3, 0.4) is 0 Å². The van der Waals surface area contributed by atoms with Gasteiger partial charge in [0.15, 0.2) is 6.61 Å². The molecule has 1 N–H and O–H groups in total. The van der Waals surface area contributed by atoms with Crippen molar-refractivity contribution in [1.82, 2.24) is 10.3 Å². The molecule has 0 aliphatic carbocycles. The molecule has 0 atom stereocenters. The van der Waals surface area contributed by atoms with E-state index in [1.165, 1.54) is 18.3 Å². The molecule has 1 aromatic carbocycles.